The van der Waals surface area contributed by atoms with E-state index in [0.29, 0.717) is 11.6 Å². The third-order valence-corrected chi connectivity index (χ3v) is 5.18. The molecule has 2 rings (SSSR count). The van der Waals surface area contributed by atoms with Crippen LogP contribution in [0.1, 0.15) is 18.1 Å². The lowest BCUT2D eigenvalue weighted by Gasteiger charge is -2.15. The predicted octanol–water partition coefficient (Wildman–Crippen LogP) is 2.87. The van der Waals surface area contributed by atoms with Crippen molar-refractivity contribution in [1.82, 2.24) is 10.0 Å². The van der Waals surface area contributed by atoms with Gasteiger partial charge in [-0.15, -0.1) is 0 Å². The van der Waals surface area contributed by atoms with Crippen molar-refractivity contribution in [2.45, 2.75) is 30.5 Å². The number of hydrogen-bond acceptors (Lipinski definition) is 3. The van der Waals surface area contributed by atoms with E-state index in [1.807, 2.05) is 4.72 Å². The van der Waals surface area contributed by atoms with E-state index in [0.717, 1.165) is 18.2 Å². The van der Waals surface area contributed by atoms with Crippen LogP contribution in [-0.2, 0) is 27.4 Å². The van der Waals surface area contributed by atoms with Gasteiger partial charge >= 0.3 is 6.18 Å². The molecule has 0 heterocycles. The Morgan fingerprint density at radius 2 is 1.79 bits per heavy atom. The first-order valence-corrected chi connectivity index (χ1v) is 9.67. The lowest BCUT2D eigenvalue weighted by molar-refractivity contribution is -0.137. The molecule has 10 heteroatoms. The van der Waals surface area contributed by atoms with Crippen molar-refractivity contribution < 1.29 is 30.8 Å². The molecule has 0 radical (unpaired) electrons. The quantitative estimate of drug-likeness (QED) is 0.679. The van der Waals surface area contributed by atoms with Gasteiger partial charge in [0.2, 0.25) is 15.9 Å². The molecule has 0 aliphatic rings. The minimum absolute atomic E-state index is 0.193. The Labute approximate surface area is 159 Å². The monoisotopic (exact) mass is 418 g/mol. The molecule has 0 bridgehead atoms. The minimum Gasteiger partial charge on any atom is -0.352 e. The number of rotatable bonds is 7. The van der Waals surface area contributed by atoms with E-state index in [4.69, 9.17) is 0 Å². The van der Waals surface area contributed by atoms with Gasteiger partial charge in [-0.25, -0.2) is 17.5 Å². The molecule has 1 atom stereocenters. The number of nitrogens with one attached hydrogen (secondary N) is 2. The first-order valence-electron chi connectivity index (χ1n) is 8.19. The van der Waals surface area contributed by atoms with Gasteiger partial charge in [-0.3, -0.25) is 4.79 Å². The van der Waals surface area contributed by atoms with Gasteiger partial charge < -0.3 is 5.32 Å². The summed E-state index contributed by atoms with van der Waals surface area (Å²) in [6, 6.07) is 8.74. The summed E-state index contributed by atoms with van der Waals surface area (Å²) in [7, 11) is -4.31. The zero-order valence-corrected chi connectivity index (χ0v) is 15.6. The summed E-state index contributed by atoms with van der Waals surface area (Å²) < 4.78 is 78.0. The van der Waals surface area contributed by atoms with E-state index in [9.17, 15) is 30.8 Å². The second kappa shape index (κ2) is 8.70. The first kappa shape index (κ1) is 21.8. The van der Waals surface area contributed by atoms with Crippen LogP contribution >= 0.6 is 0 Å². The smallest absolute Gasteiger partial charge is 0.352 e. The van der Waals surface area contributed by atoms with Crippen LogP contribution in [-0.4, -0.2) is 26.9 Å². The highest BCUT2D eigenvalue weighted by Crippen LogP contribution is 2.30. The second-order valence-electron chi connectivity index (χ2n) is 6.11. The van der Waals surface area contributed by atoms with Gasteiger partial charge in [0, 0.05) is 6.04 Å². The second-order valence-corrected chi connectivity index (χ2v) is 7.88. The fourth-order valence-electron chi connectivity index (χ4n) is 2.45. The Hall–Kier alpha value is -2.46. The molecule has 1 amide bonds. The van der Waals surface area contributed by atoms with E-state index in [-0.39, 0.29) is 6.42 Å². The summed E-state index contributed by atoms with van der Waals surface area (Å²) in [5, 5.41) is 2.50. The van der Waals surface area contributed by atoms with Gasteiger partial charge in [0.1, 0.15) is 5.82 Å². The average Bonchev–Trinajstić information content (AvgIpc) is 2.61. The number of sulfonamides is 1. The lowest BCUT2D eigenvalue weighted by atomic mass is 10.1. The summed E-state index contributed by atoms with van der Waals surface area (Å²) in [6.07, 6.45) is -4.50. The topological polar surface area (TPSA) is 75.3 Å². The molecule has 2 N–H and O–H groups in total. The van der Waals surface area contributed by atoms with E-state index < -0.39 is 51.0 Å². The van der Waals surface area contributed by atoms with Crippen LogP contribution in [0.3, 0.4) is 0 Å². The van der Waals surface area contributed by atoms with Gasteiger partial charge in [-0.2, -0.15) is 13.2 Å². The molecule has 152 valence electrons. The molecule has 0 aliphatic carbocycles. The maximum absolute atomic E-state index is 13.6. The molecule has 5 nitrogen and oxygen atoms in total. The van der Waals surface area contributed by atoms with E-state index in [2.05, 4.69) is 5.32 Å². The number of hydrogen-bond donors (Lipinski definition) is 2. The van der Waals surface area contributed by atoms with Gasteiger partial charge in [0.25, 0.3) is 0 Å². The van der Waals surface area contributed by atoms with Crippen LogP contribution in [0.4, 0.5) is 17.6 Å². The van der Waals surface area contributed by atoms with Crippen molar-refractivity contribution in [3.63, 3.8) is 0 Å². The Balaban J connectivity index is 1.95. The molecule has 2 aromatic carbocycles. The summed E-state index contributed by atoms with van der Waals surface area (Å²) in [5.41, 5.74) is -0.724. The summed E-state index contributed by atoms with van der Waals surface area (Å²) >= 11 is 0. The largest absolute Gasteiger partial charge is 0.416 e. The third-order valence-electron chi connectivity index (χ3n) is 3.79. The zero-order valence-electron chi connectivity index (χ0n) is 14.8. The van der Waals surface area contributed by atoms with Crippen molar-refractivity contribution in [1.29, 1.82) is 0 Å². The number of halogens is 4. The Bertz CT molecular complexity index is 946. The van der Waals surface area contributed by atoms with Crippen LogP contribution < -0.4 is 10.0 Å². The molecule has 0 fully saturated rings. The predicted molar refractivity (Wildman–Crippen MR) is 94.3 cm³/mol. The van der Waals surface area contributed by atoms with Gasteiger partial charge in [0.05, 0.1) is 17.0 Å². The van der Waals surface area contributed by atoms with Gasteiger partial charge in [-0.1, -0.05) is 24.3 Å². The fourth-order valence-corrected chi connectivity index (χ4v) is 3.48. The summed E-state index contributed by atoms with van der Waals surface area (Å²) in [5.74, 6) is -1.12. The molecule has 0 aliphatic heterocycles. The third kappa shape index (κ3) is 6.03. The molecule has 0 saturated heterocycles. The Kier molecular flexibility index (Phi) is 6.78. The summed E-state index contributed by atoms with van der Waals surface area (Å²) in [4.78, 5) is 11.3. The molecular weight excluding hydrogens is 400 g/mol. The molecule has 0 saturated carbocycles. The lowest BCUT2D eigenvalue weighted by Crippen LogP contribution is -2.41. The Morgan fingerprint density at radius 1 is 1.11 bits per heavy atom. The number of benzene rings is 2. The number of carbonyl (C=O) groups is 1. The molecule has 0 aromatic heterocycles. The van der Waals surface area contributed by atoms with Crippen molar-refractivity contribution in [2.75, 3.05) is 6.54 Å². The standard InChI is InChI=1S/C18H18F4N2O3S/c1-12(9-13-5-2-3-8-16(13)19)24-17(25)11-23-28(26,27)15-7-4-6-14(10-15)18(20,21)22/h2-8,10,12,23H,9,11H2,1H3,(H,24,25). The van der Waals surface area contributed by atoms with Crippen LogP contribution in [0.5, 0.6) is 0 Å². The van der Waals surface area contributed by atoms with E-state index in [1.54, 1.807) is 19.1 Å². The van der Waals surface area contributed by atoms with E-state index in [1.165, 1.54) is 12.1 Å². The van der Waals surface area contributed by atoms with Crippen molar-refractivity contribution in [3.8, 4) is 0 Å². The van der Waals surface area contributed by atoms with Crippen LogP contribution in [0.2, 0.25) is 0 Å². The highest BCUT2D eigenvalue weighted by Gasteiger charge is 2.31. The molecule has 2 aromatic rings. The number of carbonyl (C=O) groups excluding carboxylic acids is 1. The SMILES string of the molecule is CC(Cc1ccccc1F)NC(=O)CNS(=O)(=O)c1cccc(C(F)(F)F)c1. The first-order chi connectivity index (χ1) is 13.0. The minimum atomic E-state index is -4.69. The fraction of sp³-hybridized carbons (Fsp3) is 0.278. The van der Waals surface area contributed by atoms with Gasteiger partial charge in [-0.05, 0) is 43.2 Å². The van der Waals surface area contributed by atoms with Crippen molar-refractivity contribution in [2.24, 2.45) is 0 Å². The molecule has 1 unspecified atom stereocenters. The normalized spacial score (nSPS) is 13.2. The van der Waals surface area contributed by atoms with Crippen LogP contribution in [0.25, 0.3) is 0 Å². The summed E-state index contributed by atoms with van der Waals surface area (Å²) in [6.45, 7) is 0.950. The molecule has 0 spiro atoms. The highest BCUT2D eigenvalue weighted by atomic mass is 32.2. The average molecular weight is 418 g/mol. The zero-order chi connectivity index (χ0) is 20.9. The van der Waals surface area contributed by atoms with Crippen molar-refractivity contribution in [3.05, 3.63) is 65.5 Å². The van der Waals surface area contributed by atoms with Gasteiger partial charge in [0.15, 0.2) is 0 Å². The number of amides is 1. The van der Waals surface area contributed by atoms with E-state index >= 15 is 0 Å². The highest BCUT2D eigenvalue weighted by molar-refractivity contribution is 7.89. The molecule has 28 heavy (non-hydrogen) atoms. The maximum Gasteiger partial charge on any atom is 0.416 e. The maximum atomic E-state index is 13.6. The van der Waals surface area contributed by atoms with Crippen molar-refractivity contribution >= 4 is 15.9 Å². The van der Waals surface area contributed by atoms with Crippen LogP contribution in [0, 0.1) is 5.82 Å². The van der Waals surface area contributed by atoms with Crippen LogP contribution in [0.15, 0.2) is 53.4 Å². The Morgan fingerprint density at radius 3 is 2.43 bits per heavy atom. The number of alkyl halides is 3. The molecular formula is C18H18F4N2O3S.